The van der Waals surface area contributed by atoms with E-state index in [1.54, 1.807) is 0 Å². The van der Waals surface area contributed by atoms with Gasteiger partial charge in [-0.3, -0.25) is 4.21 Å². The average molecular weight is 345 g/mol. The van der Waals surface area contributed by atoms with Crippen LogP contribution in [-0.2, 0) is 22.1 Å². The molecule has 0 radical (unpaired) electrons. The van der Waals surface area contributed by atoms with E-state index in [0.717, 1.165) is 19.3 Å². The second kappa shape index (κ2) is 5.17. The fourth-order valence-electron chi connectivity index (χ4n) is 2.82. The first-order valence-electron chi connectivity index (χ1n) is 7.66. The molecule has 1 unspecified atom stereocenters. The number of hydrogen-bond acceptors (Lipinski definition) is 5. The van der Waals surface area contributed by atoms with Gasteiger partial charge in [0.15, 0.2) is 0 Å². The molecule has 0 spiro atoms. The van der Waals surface area contributed by atoms with Crippen LogP contribution in [-0.4, -0.2) is 37.2 Å². The van der Waals surface area contributed by atoms with E-state index in [1.807, 2.05) is 20.8 Å². The number of alkyl halides is 2. The summed E-state index contributed by atoms with van der Waals surface area (Å²) in [5, 5.41) is 12.7. The van der Waals surface area contributed by atoms with Crippen molar-refractivity contribution in [2.45, 2.75) is 61.8 Å². The molecular formula is C15H21F2N3O2S. The number of halogens is 2. The van der Waals surface area contributed by atoms with Gasteiger partial charge in [0, 0.05) is 5.41 Å². The zero-order valence-corrected chi connectivity index (χ0v) is 14.3. The number of aromatic nitrogens is 2. The van der Waals surface area contributed by atoms with E-state index in [9.17, 15) is 18.1 Å². The minimum atomic E-state index is -3.22. The normalized spacial score (nSPS) is 24.9. The van der Waals surface area contributed by atoms with Gasteiger partial charge in [0.1, 0.15) is 22.2 Å². The fourth-order valence-corrected chi connectivity index (χ4v) is 4.15. The second-order valence-corrected chi connectivity index (χ2v) is 8.82. The minimum Gasteiger partial charge on any atom is -0.394 e. The van der Waals surface area contributed by atoms with E-state index in [4.69, 9.17) is 0 Å². The van der Waals surface area contributed by atoms with Crippen LogP contribution in [0, 0.1) is 0 Å². The predicted octanol–water partition coefficient (Wildman–Crippen LogP) is 2.31. The number of anilines is 1. The molecule has 0 aromatic carbocycles. The van der Waals surface area contributed by atoms with E-state index >= 15 is 0 Å². The lowest BCUT2D eigenvalue weighted by molar-refractivity contribution is 0.0186. The number of nitrogens with one attached hydrogen (secondary N) is 1. The highest BCUT2D eigenvalue weighted by molar-refractivity contribution is 7.85. The summed E-state index contributed by atoms with van der Waals surface area (Å²) in [5.41, 5.74) is -1.51. The smallest absolute Gasteiger partial charge is 0.302 e. The highest BCUT2D eigenvalue weighted by Gasteiger charge is 2.49. The molecule has 0 bridgehead atoms. The lowest BCUT2D eigenvalue weighted by Crippen LogP contribution is -2.49. The van der Waals surface area contributed by atoms with Crippen LogP contribution >= 0.6 is 0 Å². The topological polar surface area (TPSA) is 75.1 Å². The molecule has 1 atom stereocenters. The Balaban J connectivity index is 2.14. The highest BCUT2D eigenvalue weighted by Crippen LogP contribution is 2.44. The van der Waals surface area contributed by atoms with Crippen molar-refractivity contribution in [3.8, 4) is 0 Å². The van der Waals surface area contributed by atoms with Gasteiger partial charge in [-0.25, -0.2) is 9.97 Å². The van der Waals surface area contributed by atoms with Crippen LogP contribution < -0.4 is 5.32 Å². The summed E-state index contributed by atoms with van der Waals surface area (Å²) in [7, 11) is -1.85. The van der Waals surface area contributed by atoms with E-state index in [2.05, 4.69) is 15.3 Å². The van der Waals surface area contributed by atoms with Gasteiger partial charge in [-0.1, -0.05) is 20.8 Å². The standard InChI is InChI=1S/C15H21F2N3O2S/c1-13(2,3)12-18-10-9(23(22)8-15(10,16)17)11(19-12)20-14(7-21)5-4-6-14/h21H,4-8H2,1-3H3,(H,18,19,20). The van der Waals surface area contributed by atoms with E-state index in [0.29, 0.717) is 0 Å². The summed E-state index contributed by atoms with van der Waals surface area (Å²) in [6.45, 7) is 5.41. The molecule has 0 amide bonds. The SMILES string of the molecule is CC(C)(C)c1nc(NC2(CO)CCC2)c2c(n1)C(F)(F)CS2=O. The van der Waals surface area contributed by atoms with E-state index in [1.165, 1.54) is 0 Å². The summed E-state index contributed by atoms with van der Waals surface area (Å²) >= 11 is 0. The van der Waals surface area contributed by atoms with Crippen molar-refractivity contribution in [1.29, 1.82) is 0 Å². The molecule has 8 heteroatoms. The Morgan fingerprint density at radius 2 is 1.96 bits per heavy atom. The first kappa shape index (κ1) is 16.7. The molecule has 1 aromatic rings. The average Bonchev–Trinajstić information content (AvgIpc) is 2.63. The largest absolute Gasteiger partial charge is 0.394 e. The molecule has 1 aliphatic heterocycles. The van der Waals surface area contributed by atoms with Crippen molar-refractivity contribution < 1.29 is 18.1 Å². The van der Waals surface area contributed by atoms with Crippen LogP contribution in [0.25, 0.3) is 0 Å². The molecule has 2 heterocycles. The molecule has 128 valence electrons. The summed E-state index contributed by atoms with van der Waals surface area (Å²) < 4.78 is 40.6. The molecule has 3 rings (SSSR count). The molecule has 1 fully saturated rings. The predicted molar refractivity (Wildman–Crippen MR) is 83.2 cm³/mol. The fraction of sp³-hybridized carbons (Fsp3) is 0.733. The van der Waals surface area contributed by atoms with Crippen LogP contribution in [0.3, 0.4) is 0 Å². The third-order valence-electron chi connectivity index (χ3n) is 4.42. The zero-order valence-electron chi connectivity index (χ0n) is 13.4. The minimum absolute atomic E-state index is 0.0114. The van der Waals surface area contributed by atoms with Crippen LogP contribution in [0.1, 0.15) is 51.6 Å². The number of fused-ring (bicyclic) bond motifs is 1. The van der Waals surface area contributed by atoms with E-state index < -0.39 is 39.1 Å². The summed E-state index contributed by atoms with van der Waals surface area (Å²) in [5.74, 6) is -3.51. The molecule has 1 aromatic heterocycles. The first-order valence-corrected chi connectivity index (χ1v) is 8.98. The molecule has 0 saturated heterocycles. The molecule has 1 saturated carbocycles. The van der Waals surface area contributed by atoms with Crippen molar-refractivity contribution in [3.63, 3.8) is 0 Å². The number of hydrogen-bond donors (Lipinski definition) is 2. The van der Waals surface area contributed by atoms with Gasteiger partial charge in [-0.05, 0) is 19.3 Å². The number of rotatable bonds is 3. The molecule has 2 aliphatic rings. The molecule has 1 aliphatic carbocycles. The Morgan fingerprint density at radius 3 is 2.43 bits per heavy atom. The Bertz CT molecular complexity index is 664. The Kier molecular flexibility index (Phi) is 3.76. The summed E-state index contributed by atoms with van der Waals surface area (Å²) in [4.78, 5) is 8.41. The van der Waals surface area contributed by atoms with Crippen molar-refractivity contribution in [2.75, 3.05) is 17.7 Å². The maximum Gasteiger partial charge on any atom is 0.302 e. The zero-order chi connectivity index (χ0) is 17.0. The molecule has 23 heavy (non-hydrogen) atoms. The molecule has 2 N–H and O–H groups in total. The molecular weight excluding hydrogens is 324 g/mol. The quantitative estimate of drug-likeness (QED) is 0.879. The maximum atomic E-state index is 14.2. The third kappa shape index (κ3) is 2.76. The van der Waals surface area contributed by atoms with Crippen molar-refractivity contribution in [3.05, 3.63) is 11.5 Å². The van der Waals surface area contributed by atoms with Crippen LogP contribution in [0.4, 0.5) is 14.6 Å². The Morgan fingerprint density at radius 1 is 1.30 bits per heavy atom. The molecule has 5 nitrogen and oxygen atoms in total. The van der Waals surface area contributed by atoms with Crippen LogP contribution in [0.5, 0.6) is 0 Å². The van der Waals surface area contributed by atoms with Gasteiger partial charge in [0.25, 0.3) is 0 Å². The number of nitrogens with zero attached hydrogens (tertiary/aromatic N) is 2. The van der Waals surface area contributed by atoms with Gasteiger partial charge >= 0.3 is 5.92 Å². The summed E-state index contributed by atoms with van der Waals surface area (Å²) in [6, 6.07) is 0. The Labute approximate surface area is 136 Å². The summed E-state index contributed by atoms with van der Waals surface area (Å²) in [6.07, 6.45) is 2.42. The van der Waals surface area contributed by atoms with Crippen LogP contribution in [0.15, 0.2) is 4.90 Å². The van der Waals surface area contributed by atoms with Gasteiger partial charge in [-0.15, -0.1) is 0 Å². The lowest BCUT2D eigenvalue weighted by atomic mass is 9.77. The van der Waals surface area contributed by atoms with Gasteiger partial charge < -0.3 is 10.4 Å². The van der Waals surface area contributed by atoms with Crippen molar-refractivity contribution in [2.24, 2.45) is 0 Å². The highest BCUT2D eigenvalue weighted by atomic mass is 32.2. The monoisotopic (exact) mass is 345 g/mol. The van der Waals surface area contributed by atoms with E-state index in [-0.39, 0.29) is 23.1 Å². The van der Waals surface area contributed by atoms with Gasteiger partial charge in [-0.2, -0.15) is 8.78 Å². The lowest BCUT2D eigenvalue weighted by Gasteiger charge is -2.41. The number of aliphatic hydroxyl groups is 1. The second-order valence-electron chi connectivity index (χ2n) is 7.43. The van der Waals surface area contributed by atoms with Crippen LogP contribution in [0.2, 0.25) is 0 Å². The first-order chi connectivity index (χ1) is 10.6. The Hall–Kier alpha value is -1.15. The van der Waals surface area contributed by atoms with Gasteiger partial charge in [0.05, 0.1) is 28.7 Å². The van der Waals surface area contributed by atoms with Gasteiger partial charge in [0.2, 0.25) is 0 Å². The third-order valence-corrected chi connectivity index (χ3v) is 5.89. The van der Waals surface area contributed by atoms with Crippen molar-refractivity contribution >= 4 is 16.6 Å². The maximum absolute atomic E-state index is 14.2. The van der Waals surface area contributed by atoms with Crippen molar-refractivity contribution in [1.82, 2.24) is 9.97 Å². The number of aliphatic hydroxyl groups excluding tert-OH is 1.